The summed E-state index contributed by atoms with van der Waals surface area (Å²) >= 11 is 0. The van der Waals surface area contributed by atoms with Crippen LogP contribution in [0.2, 0.25) is 0 Å². The normalized spacial score (nSPS) is 16.2. The number of carbonyl (C=O) groups excluding carboxylic acids is 1. The Kier molecular flexibility index (Phi) is 5.90. The quantitative estimate of drug-likeness (QED) is 0.451. The molecule has 5 rings (SSSR count). The number of ether oxygens (including phenoxy) is 2. The summed E-state index contributed by atoms with van der Waals surface area (Å²) < 4.78 is 10.9. The molecule has 5 heteroatoms. The van der Waals surface area contributed by atoms with Crippen LogP contribution < -0.4 is 9.47 Å². The Morgan fingerprint density at radius 1 is 0.812 bits per heavy atom. The lowest BCUT2D eigenvalue weighted by Gasteiger charge is -2.35. The molecule has 0 atom stereocenters. The smallest absolute Gasteiger partial charge is 0.254 e. The number of hydrogen-bond acceptors (Lipinski definition) is 4. The van der Waals surface area contributed by atoms with Crippen molar-refractivity contribution in [2.24, 2.45) is 0 Å². The molecule has 32 heavy (non-hydrogen) atoms. The second kappa shape index (κ2) is 9.28. The SMILES string of the molecule is O=C(/C(=C\c1ccccc1)c1ccccc1)N1CCN(Cc2ccc3c(c2)OCO3)CC1. The van der Waals surface area contributed by atoms with E-state index in [1.54, 1.807) is 0 Å². The Morgan fingerprint density at radius 3 is 2.25 bits per heavy atom. The van der Waals surface area contributed by atoms with Gasteiger partial charge in [-0.25, -0.2) is 0 Å². The van der Waals surface area contributed by atoms with Gasteiger partial charge < -0.3 is 14.4 Å². The third-order valence-electron chi connectivity index (χ3n) is 5.93. The van der Waals surface area contributed by atoms with Gasteiger partial charge in [-0.15, -0.1) is 0 Å². The Balaban J connectivity index is 1.27. The van der Waals surface area contributed by atoms with Gasteiger partial charge in [0.05, 0.1) is 0 Å². The van der Waals surface area contributed by atoms with E-state index in [0.29, 0.717) is 19.9 Å². The first-order valence-electron chi connectivity index (χ1n) is 11.0. The van der Waals surface area contributed by atoms with Crippen molar-refractivity contribution in [1.82, 2.24) is 9.80 Å². The van der Waals surface area contributed by atoms with Crippen molar-refractivity contribution in [3.05, 3.63) is 95.6 Å². The summed E-state index contributed by atoms with van der Waals surface area (Å²) in [5.74, 6) is 1.71. The Bertz CT molecular complexity index is 1100. The van der Waals surface area contributed by atoms with Crippen molar-refractivity contribution >= 4 is 17.6 Å². The fourth-order valence-corrected chi connectivity index (χ4v) is 4.18. The lowest BCUT2D eigenvalue weighted by molar-refractivity contribution is -0.126. The molecular formula is C27H26N2O3. The van der Waals surface area contributed by atoms with Gasteiger partial charge in [-0.2, -0.15) is 0 Å². The predicted molar refractivity (Wildman–Crippen MR) is 125 cm³/mol. The van der Waals surface area contributed by atoms with Crippen LogP contribution in [0.5, 0.6) is 11.5 Å². The van der Waals surface area contributed by atoms with Crippen molar-refractivity contribution in [3.8, 4) is 11.5 Å². The van der Waals surface area contributed by atoms with Crippen LogP contribution in [-0.2, 0) is 11.3 Å². The highest BCUT2D eigenvalue weighted by atomic mass is 16.7. The van der Waals surface area contributed by atoms with Crippen LogP contribution in [0.15, 0.2) is 78.9 Å². The van der Waals surface area contributed by atoms with E-state index in [2.05, 4.69) is 17.0 Å². The second-order valence-electron chi connectivity index (χ2n) is 8.09. The number of hydrogen-bond donors (Lipinski definition) is 0. The van der Waals surface area contributed by atoms with E-state index in [1.165, 1.54) is 5.56 Å². The lowest BCUT2D eigenvalue weighted by atomic mass is 10.0. The number of nitrogens with zero attached hydrogens (tertiary/aromatic N) is 2. The van der Waals surface area contributed by atoms with E-state index in [-0.39, 0.29) is 5.91 Å². The molecule has 1 fully saturated rings. The maximum Gasteiger partial charge on any atom is 0.254 e. The molecule has 2 aliphatic rings. The number of amides is 1. The van der Waals surface area contributed by atoms with Gasteiger partial charge in [0.15, 0.2) is 11.5 Å². The first-order chi connectivity index (χ1) is 15.8. The summed E-state index contributed by atoms with van der Waals surface area (Å²) in [7, 11) is 0. The molecule has 0 unspecified atom stereocenters. The van der Waals surface area contributed by atoms with Crippen LogP contribution in [0.1, 0.15) is 16.7 Å². The zero-order valence-electron chi connectivity index (χ0n) is 17.9. The van der Waals surface area contributed by atoms with Gasteiger partial charge >= 0.3 is 0 Å². The largest absolute Gasteiger partial charge is 0.454 e. The minimum atomic E-state index is 0.0859. The molecule has 0 N–H and O–H groups in total. The monoisotopic (exact) mass is 426 g/mol. The molecule has 0 aromatic heterocycles. The summed E-state index contributed by atoms with van der Waals surface area (Å²) in [4.78, 5) is 17.9. The first kappa shape index (κ1) is 20.3. The van der Waals surface area contributed by atoms with Gasteiger partial charge in [0.25, 0.3) is 5.91 Å². The van der Waals surface area contributed by atoms with Gasteiger partial charge in [0, 0.05) is 38.3 Å². The van der Waals surface area contributed by atoms with Crippen molar-refractivity contribution < 1.29 is 14.3 Å². The fraction of sp³-hybridized carbons (Fsp3) is 0.222. The molecule has 1 amide bonds. The zero-order chi connectivity index (χ0) is 21.8. The molecule has 5 nitrogen and oxygen atoms in total. The van der Waals surface area contributed by atoms with E-state index < -0.39 is 0 Å². The highest BCUT2D eigenvalue weighted by Gasteiger charge is 2.25. The Hall–Kier alpha value is -3.57. The van der Waals surface area contributed by atoms with Crippen LogP contribution in [0.3, 0.4) is 0 Å². The van der Waals surface area contributed by atoms with Crippen LogP contribution >= 0.6 is 0 Å². The van der Waals surface area contributed by atoms with E-state index in [4.69, 9.17) is 9.47 Å². The average molecular weight is 427 g/mol. The van der Waals surface area contributed by atoms with E-state index in [9.17, 15) is 4.79 Å². The number of benzene rings is 3. The standard InChI is InChI=1S/C27H26N2O3/c30-27(24(23-9-5-2-6-10-23)17-21-7-3-1-4-8-21)29-15-13-28(14-16-29)19-22-11-12-25-26(18-22)32-20-31-25/h1-12,17-18H,13-16,19-20H2/b24-17-. The molecule has 0 aliphatic carbocycles. The molecule has 1 saturated heterocycles. The molecule has 3 aromatic rings. The summed E-state index contributed by atoms with van der Waals surface area (Å²) in [5, 5.41) is 0. The molecule has 162 valence electrons. The van der Waals surface area contributed by atoms with Crippen LogP contribution in [0, 0.1) is 0 Å². The number of carbonyl (C=O) groups is 1. The maximum atomic E-state index is 13.5. The Labute approximate surface area is 188 Å². The lowest BCUT2D eigenvalue weighted by Crippen LogP contribution is -2.48. The van der Waals surface area contributed by atoms with E-state index in [1.807, 2.05) is 77.7 Å². The third kappa shape index (κ3) is 4.53. The summed E-state index contributed by atoms with van der Waals surface area (Å²) in [6.07, 6.45) is 2.00. The molecule has 2 aliphatic heterocycles. The number of rotatable bonds is 5. The van der Waals surface area contributed by atoms with Gasteiger partial charge in [-0.05, 0) is 34.9 Å². The summed E-state index contributed by atoms with van der Waals surface area (Å²) in [5.41, 5.74) is 3.91. The van der Waals surface area contributed by atoms with Crippen LogP contribution in [0.4, 0.5) is 0 Å². The molecular weight excluding hydrogens is 400 g/mol. The van der Waals surface area contributed by atoms with Crippen LogP contribution in [-0.4, -0.2) is 48.7 Å². The molecule has 3 aromatic carbocycles. The fourth-order valence-electron chi connectivity index (χ4n) is 4.18. The zero-order valence-corrected chi connectivity index (χ0v) is 17.9. The summed E-state index contributed by atoms with van der Waals surface area (Å²) in [6.45, 7) is 4.23. The average Bonchev–Trinajstić information content (AvgIpc) is 3.32. The Morgan fingerprint density at radius 2 is 1.50 bits per heavy atom. The number of piperazine rings is 1. The number of fused-ring (bicyclic) bond motifs is 1. The minimum Gasteiger partial charge on any atom is -0.454 e. The van der Waals surface area contributed by atoms with Gasteiger partial charge in [-0.3, -0.25) is 9.69 Å². The van der Waals surface area contributed by atoms with Gasteiger partial charge in [0.1, 0.15) is 0 Å². The van der Waals surface area contributed by atoms with Crippen molar-refractivity contribution in [3.63, 3.8) is 0 Å². The molecule has 0 bridgehead atoms. The second-order valence-corrected chi connectivity index (χ2v) is 8.09. The van der Waals surface area contributed by atoms with Gasteiger partial charge in [-0.1, -0.05) is 66.7 Å². The third-order valence-corrected chi connectivity index (χ3v) is 5.93. The van der Waals surface area contributed by atoms with Crippen molar-refractivity contribution in [2.45, 2.75) is 6.54 Å². The van der Waals surface area contributed by atoms with E-state index in [0.717, 1.165) is 47.8 Å². The van der Waals surface area contributed by atoms with Crippen molar-refractivity contribution in [1.29, 1.82) is 0 Å². The first-order valence-corrected chi connectivity index (χ1v) is 11.0. The van der Waals surface area contributed by atoms with Crippen LogP contribution in [0.25, 0.3) is 11.6 Å². The topological polar surface area (TPSA) is 42.0 Å². The highest BCUT2D eigenvalue weighted by Crippen LogP contribution is 2.33. The molecule has 0 radical (unpaired) electrons. The maximum absolute atomic E-state index is 13.5. The minimum absolute atomic E-state index is 0.0859. The predicted octanol–water partition coefficient (Wildman–Crippen LogP) is 4.30. The molecule has 0 spiro atoms. The molecule has 2 heterocycles. The summed E-state index contributed by atoms with van der Waals surface area (Å²) in [6, 6.07) is 26.1. The van der Waals surface area contributed by atoms with Gasteiger partial charge in [0.2, 0.25) is 6.79 Å². The highest BCUT2D eigenvalue weighted by molar-refractivity contribution is 6.24. The van der Waals surface area contributed by atoms with Crippen molar-refractivity contribution in [2.75, 3.05) is 33.0 Å². The molecule has 0 saturated carbocycles. The van der Waals surface area contributed by atoms with E-state index >= 15 is 0 Å².